The van der Waals surface area contributed by atoms with E-state index in [9.17, 15) is 4.79 Å². The summed E-state index contributed by atoms with van der Waals surface area (Å²) in [4.78, 5) is 28.0. The summed E-state index contributed by atoms with van der Waals surface area (Å²) in [5.74, 6) is 0.930. The second-order valence-corrected chi connectivity index (χ2v) is 8.19. The summed E-state index contributed by atoms with van der Waals surface area (Å²) in [7, 11) is 1.66. The molecule has 1 fully saturated rings. The van der Waals surface area contributed by atoms with Gasteiger partial charge in [-0.25, -0.2) is 9.97 Å². The highest BCUT2D eigenvalue weighted by Crippen LogP contribution is 2.30. The summed E-state index contributed by atoms with van der Waals surface area (Å²) < 4.78 is 5.77. The van der Waals surface area contributed by atoms with Crippen molar-refractivity contribution in [1.82, 2.24) is 25.2 Å². The van der Waals surface area contributed by atoms with E-state index in [-0.39, 0.29) is 11.8 Å². The Balaban J connectivity index is 1.31. The topological polar surface area (TPSA) is 80.2 Å². The molecule has 3 heterocycles. The fourth-order valence-electron chi connectivity index (χ4n) is 4.35. The number of nitrogens with zero attached hydrogens (tertiary/aromatic N) is 4. The van der Waals surface area contributed by atoms with E-state index in [1.165, 1.54) is 5.56 Å². The number of hydrogen-bond donors (Lipinski definition) is 1. The third-order valence-corrected chi connectivity index (χ3v) is 5.95. The Labute approximate surface area is 192 Å². The van der Waals surface area contributed by atoms with E-state index in [0.717, 1.165) is 48.4 Å². The molecule has 0 radical (unpaired) electrons. The van der Waals surface area contributed by atoms with Crippen LogP contribution in [0.2, 0.25) is 0 Å². The Hall–Kier alpha value is -3.84. The number of hydrogen-bond acceptors (Lipinski definition) is 6. The number of benzene rings is 2. The van der Waals surface area contributed by atoms with Crippen LogP contribution in [0.1, 0.15) is 34.0 Å². The molecule has 0 aliphatic carbocycles. The first-order valence-corrected chi connectivity index (χ1v) is 11.1. The van der Waals surface area contributed by atoms with E-state index < -0.39 is 0 Å². The number of nitrogens with one attached hydrogen (secondary N) is 1. The third kappa shape index (κ3) is 4.68. The van der Waals surface area contributed by atoms with Gasteiger partial charge in [0, 0.05) is 49.5 Å². The Morgan fingerprint density at radius 1 is 1.09 bits per heavy atom. The van der Waals surface area contributed by atoms with Gasteiger partial charge in [0.15, 0.2) is 0 Å². The van der Waals surface area contributed by atoms with Crippen LogP contribution in [0.3, 0.4) is 0 Å². The molecule has 1 atom stereocenters. The summed E-state index contributed by atoms with van der Waals surface area (Å²) in [6.07, 6.45) is 4.33. The molecule has 0 bridgehead atoms. The SMILES string of the molecule is CNC(=O)c1cc(C2CCN(Cc3cccc(Oc4ncccn4)c3)C2)nc2ccccc12. The molecule has 7 nitrogen and oxygen atoms in total. The molecule has 1 N–H and O–H groups in total. The molecule has 7 heteroatoms. The quantitative estimate of drug-likeness (QED) is 0.486. The summed E-state index contributed by atoms with van der Waals surface area (Å²) in [6, 6.07) is 19.9. The zero-order valence-electron chi connectivity index (χ0n) is 18.4. The number of aromatic nitrogens is 3. The van der Waals surface area contributed by atoms with Gasteiger partial charge in [0.1, 0.15) is 5.75 Å². The van der Waals surface area contributed by atoms with Crippen LogP contribution >= 0.6 is 0 Å². The van der Waals surface area contributed by atoms with Crippen molar-refractivity contribution in [2.45, 2.75) is 18.9 Å². The monoisotopic (exact) mass is 439 g/mol. The molecule has 166 valence electrons. The van der Waals surface area contributed by atoms with Crippen molar-refractivity contribution in [1.29, 1.82) is 0 Å². The molecule has 5 rings (SSSR count). The normalized spacial score (nSPS) is 16.1. The minimum Gasteiger partial charge on any atom is -0.424 e. The van der Waals surface area contributed by atoms with E-state index in [0.29, 0.717) is 11.6 Å². The predicted molar refractivity (Wildman–Crippen MR) is 126 cm³/mol. The van der Waals surface area contributed by atoms with Crippen molar-refractivity contribution in [3.8, 4) is 11.8 Å². The van der Waals surface area contributed by atoms with E-state index in [2.05, 4.69) is 26.3 Å². The summed E-state index contributed by atoms with van der Waals surface area (Å²) in [5, 5.41) is 3.64. The van der Waals surface area contributed by atoms with Crippen LogP contribution in [0, 0.1) is 0 Å². The average molecular weight is 440 g/mol. The molecule has 1 aliphatic rings. The van der Waals surface area contributed by atoms with Crippen LogP contribution in [0.4, 0.5) is 0 Å². The largest absolute Gasteiger partial charge is 0.424 e. The number of likely N-dealkylation sites (tertiary alicyclic amines) is 1. The molecule has 0 spiro atoms. The average Bonchev–Trinajstić information content (AvgIpc) is 3.32. The van der Waals surface area contributed by atoms with Crippen molar-refractivity contribution in [2.75, 3.05) is 20.1 Å². The van der Waals surface area contributed by atoms with Crippen LogP contribution in [-0.2, 0) is 6.54 Å². The van der Waals surface area contributed by atoms with Crippen molar-refractivity contribution < 1.29 is 9.53 Å². The molecule has 1 amide bonds. The maximum atomic E-state index is 12.5. The van der Waals surface area contributed by atoms with Gasteiger partial charge in [-0.2, -0.15) is 0 Å². The maximum absolute atomic E-state index is 12.5. The fraction of sp³-hybridized carbons (Fsp3) is 0.231. The van der Waals surface area contributed by atoms with Crippen molar-refractivity contribution >= 4 is 16.8 Å². The molecule has 0 saturated carbocycles. The van der Waals surface area contributed by atoms with E-state index in [1.807, 2.05) is 48.5 Å². The molecular formula is C26H25N5O2. The van der Waals surface area contributed by atoms with Crippen molar-refractivity contribution in [3.63, 3.8) is 0 Å². The Bertz CT molecular complexity index is 1280. The summed E-state index contributed by atoms with van der Waals surface area (Å²) in [6.45, 7) is 2.69. The molecule has 4 aromatic rings. The zero-order chi connectivity index (χ0) is 22.6. The molecule has 1 unspecified atom stereocenters. The predicted octanol–water partition coefficient (Wildman–Crippen LogP) is 4.17. The van der Waals surface area contributed by atoms with Crippen molar-refractivity contribution in [3.05, 3.63) is 89.9 Å². The second kappa shape index (κ2) is 9.34. The van der Waals surface area contributed by atoms with Gasteiger partial charge in [0.05, 0.1) is 11.1 Å². The standard InChI is InChI=1S/C26H25N5O2/c1-27-25(32)22-15-24(30-23-9-3-2-8-21(22)23)19-10-13-31(17-19)16-18-6-4-7-20(14-18)33-26-28-11-5-12-29-26/h2-9,11-12,14-15,19H,10,13,16-17H2,1H3,(H,27,32). The number of rotatable bonds is 6. The van der Waals surface area contributed by atoms with Gasteiger partial charge in [-0.3, -0.25) is 14.7 Å². The highest BCUT2D eigenvalue weighted by atomic mass is 16.5. The van der Waals surface area contributed by atoms with E-state index >= 15 is 0 Å². The first-order valence-electron chi connectivity index (χ1n) is 11.1. The number of fused-ring (bicyclic) bond motifs is 1. The number of carbonyl (C=O) groups is 1. The lowest BCUT2D eigenvalue weighted by Crippen LogP contribution is -2.21. The Kier molecular flexibility index (Phi) is 5.95. The highest BCUT2D eigenvalue weighted by molar-refractivity contribution is 6.06. The lowest BCUT2D eigenvalue weighted by Gasteiger charge is -2.17. The number of pyridine rings is 1. The summed E-state index contributed by atoms with van der Waals surface area (Å²) >= 11 is 0. The minimum atomic E-state index is -0.0797. The van der Waals surface area contributed by atoms with Gasteiger partial charge in [-0.15, -0.1) is 0 Å². The van der Waals surface area contributed by atoms with Gasteiger partial charge >= 0.3 is 6.01 Å². The minimum absolute atomic E-state index is 0.0797. The van der Waals surface area contributed by atoms with Crippen LogP contribution in [0.25, 0.3) is 10.9 Å². The van der Waals surface area contributed by atoms with Gasteiger partial charge in [0.25, 0.3) is 5.91 Å². The third-order valence-electron chi connectivity index (χ3n) is 5.95. The second-order valence-electron chi connectivity index (χ2n) is 8.19. The van der Waals surface area contributed by atoms with Crippen LogP contribution in [-0.4, -0.2) is 45.9 Å². The molecule has 2 aromatic carbocycles. The number of para-hydroxylation sites is 1. The molecule has 1 saturated heterocycles. The Morgan fingerprint density at radius 2 is 1.94 bits per heavy atom. The van der Waals surface area contributed by atoms with Crippen LogP contribution < -0.4 is 10.1 Å². The lowest BCUT2D eigenvalue weighted by molar-refractivity contribution is 0.0964. The van der Waals surface area contributed by atoms with Gasteiger partial charge in [-0.1, -0.05) is 30.3 Å². The first kappa shape index (κ1) is 21.0. The molecule has 1 aliphatic heterocycles. The summed E-state index contributed by atoms with van der Waals surface area (Å²) in [5.41, 5.74) is 3.69. The lowest BCUT2D eigenvalue weighted by atomic mass is 9.99. The van der Waals surface area contributed by atoms with E-state index in [4.69, 9.17) is 9.72 Å². The maximum Gasteiger partial charge on any atom is 0.321 e. The number of ether oxygens (including phenoxy) is 1. The van der Waals surface area contributed by atoms with Gasteiger partial charge < -0.3 is 10.1 Å². The molecular weight excluding hydrogens is 414 g/mol. The smallest absolute Gasteiger partial charge is 0.321 e. The zero-order valence-corrected chi connectivity index (χ0v) is 18.4. The van der Waals surface area contributed by atoms with E-state index in [1.54, 1.807) is 25.5 Å². The molecule has 33 heavy (non-hydrogen) atoms. The first-order chi connectivity index (χ1) is 16.2. The molecule has 2 aromatic heterocycles. The van der Waals surface area contributed by atoms with Crippen LogP contribution in [0.15, 0.2) is 73.1 Å². The van der Waals surface area contributed by atoms with Gasteiger partial charge in [-0.05, 0) is 48.9 Å². The number of amides is 1. The van der Waals surface area contributed by atoms with Crippen LogP contribution in [0.5, 0.6) is 11.8 Å². The Morgan fingerprint density at radius 3 is 2.79 bits per heavy atom. The van der Waals surface area contributed by atoms with Gasteiger partial charge in [0.2, 0.25) is 0 Å². The number of carbonyl (C=O) groups excluding carboxylic acids is 1. The highest BCUT2D eigenvalue weighted by Gasteiger charge is 2.26. The van der Waals surface area contributed by atoms with Crippen molar-refractivity contribution in [2.24, 2.45) is 0 Å². The fourth-order valence-corrected chi connectivity index (χ4v) is 4.35.